The van der Waals surface area contributed by atoms with Crippen molar-refractivity contribution in [3.05, 3.63) is 64.9 Å². The molecule has 1 aliphatic heterocycles. The van der Waals surface area contributed by atoms with Crippen molar-refractivity contribution in [1.29, 1.82) is 0 Å². The second kappa shape index (κ2) is 5.99. The van der Waals surface area contributed by atoms with Gasteiger partial charge in [0.15, 0.2) is 0 Å². The van der Waals surface area contributed by atoms with Crippen LogP contribution in [0.15, 0.2) is 48.2 Å². The van der Waals surface area contributed by atoms with Gasteiger partial charge in [-0.15, -0.1) is 0 Å². The van der Waals surface area contributed by atoms with E-state index in [0.29, 0.717) is 15.8 Å². The summed E-state index contributed by atoms with van der Waals surface area (Å²) in [6.07, 6.45) is 1.85. The third kappa shape index (κ3) is 2.67. The predicted molar refractivity (Wildman–Crippen MR) is 97.0 cm³/mol. The molecule has 1 heterocycles. The normalized spacial score (nSPS) is 15.2. The average Bonchev–Trinajstić information content (AvgIpc) is 2.80. The van der Waals surface area contributed by atoms with E-state index < -0.39 is 0 Å². The SMILES string of the molecule is O=C1OC(=Cc2ccccc2)c2c(Br)c(Br)c(Br)c(Br)c21. The lowest BCUT2D eigenvalue weighted by Gasteiger charge is -2.08. The van der Waals surface area contributed by atoms with Crippen LogP contribution in [-0.4, -0.2) is 5.97 Å². The molecule has 0 bridgehead atoms. The number of ether oxygens (including phenoxy) is 1. The maximum Gasteiger partial charge on any atom is 0.345 e. The van der Waals surface area contributed by atoms with E-state index in [2.05, 4.69) is 63.7 Å². The number of rotatable bonds is 1. The molecular weight excluding hydrogens is 532 g/mol. The molecule has 0 spiro atoms. The van der Waals surface area contributed by atoms with E-state index in [1.54, 1.807) is 0 Å². The lowest BCUT2D eigenvalue weighted by Crippen LogP contribution is -1.96. The summed E-state index contributed by atoms with van der Waals surface area (Å²) in [5.74, 6) is 0.162. The van der Waals surface area contributed by atoms with E-state index in [-0.39, 0.29) is 5.97 Å². The van der Waals surface area contributed by atoms with Gasteiger partial charge in [-0.05, 0) is 75.4 Å². The Balaban J connectivity index is 2.25. The van der Waals surface area contributed by atoms with Crippen molar-refractivity contribution in [2.24, 2.45) is 0 Å². The van der Waals surface area contributed by atoms with Crippen molar-refractivity contribution < 1.29 is 9.53 Å². The number of esters is 1. The zero-order chi connectivity index (χ0) is 15.1. The summed E-state index contributed by atoms with van der Waals surface area (Å²) < 4.78 is 8.48. The van der Waals surface area contributed by atoms with Crippen LogP contribution in [0.3, 0.4) is 0 Å². The molecule has 2 aromatic carbocycles. The molecule has 0 unspecified atom stereocenters. The molecule has 0 saturated carbocycles. The average molecular weight is 538 g/mol. The summed E-state index contributed by atoms with van der Waals surface area (Å²) in [5.41, 5.74) is 2.22. The van der Waals surface area contributed by atoms with E-state index >= 15 is 0 Å². The van der Waals surface area contributed by atoms with Gasteiger partial charge >= 0.3 is 5.97 Å². The van der Waals surface area contributed by atoms with Gasteiger partial charge in [-0.25, -0.2) is 4.79 Å². The molecule has 0 aromatic heterocycles. The molecule has 6 heteroatoms. The minimum absolute atomic E-state index is 0.368. The number of benzene rings is 2. The lowest BCUT2D eigenvalue weighted by molar-refractivity contribution is 0.0716. The number of carbonyl (C=O) groups is 1. The van der Waals surface area contributed by atoms with Crippen LogP contribution in [0.25, 0.3) is 11.8 Å². The Bertz CT molecular complexity index is 782. The van der Waals surface area contributed by atoms with Crippen molar-refractivity contribution >= 4 is 81.5 Å². The highest BCUT2D eigenvalue weighted by Crippen LogP contribution is 2.48. The number of fused-ring (bicyclic) bond motifs is 1. The van der Waals surface area contributed by atoms with Crippen LogP contribution in [-0.2, 0) is 4.74 Å². The lowest BCUT2D eigenvalue weighted by atomic mass is 10.1. The number of cyclic esters (lactones) is 1. The second-order valence-corrected chi connectivity index (χ2v) is 7.49. The molecule has 0 aliphatic carbocycles. The minimum Gasteiger partial charge on any atom is -0.422 e. The van der Waals surface area contributed by atoms with Gasteiger partial charge in [0.05, 0.1) is 5.56 Å². The smallest absolute Gasteiger partial charge is 0.345 e. The fraction of sp³-hybridized carbons (Fsp3) is 0. The van der Waals surface area contributed by atoms with E-state index in [1.165, 1.54) is 0 Å². The van der Waals surface area contributed by atoms with Gasteiger partial charge < -0.3 is 4.74 Å². The molecule has 0 saturated heterocycles. The van der Waals surface area contributed by atoms with Crippen molar-refractivity contribution in [1.82, 2.24) is 0 Å². The van der Waals surface area contributed by atoms with Gasteiger partial charge in [0, 0.05) is 23.5 Å². The molecule has 0 radical (unpaired) electrons. The summed E-state index contributed by atoms with van der Waals surface area (Å²) in [5, 5.41) is 0. The Labute approximate surface area is 155 Å². The zero-order valence-electron chi connectivity index (χ0n) is 10.3. The molecule has 0 fully saturated rings. The molecule has 1 aliphatic rings. The topological polar surface area (TPSA) is 26.3 Å². The number of carbonyl (C=O) groups excluding carboxylic acids is 1. The Morgan fingerprint density at radius 2 is 1.38 bits per heavy atom. The first kappa shape index (κ1) is 15.5. The van der Waals surface area contributed by atoms with Gasteiger partial charge in [-0.2, -0.15) is 0 Å². The molecule has 106 valence electrons. The van der Waals surface area contributed by atoms with E-state index in [1.807, 2.05) is 36.4 Å². The highest BCUT2D eigenvalue weighted by atomic mass is 79.9. The standard InChI is InChI=1S/C15H6Br4O2/c16-11-9-8(6-7-4-2-1-3-5-7)21-15(20)10(9)12(17)14(19)13(11)18/h1-6H. The molecule has 3 rings (SSSR count). The van der Waals surface area contributed by atoms with Crippen LogP contribution >= 0.6 is 63.7 Å². The molecule has 0 amide bonds. The first-order valence-electron chi connectivity index (χ1n) is 5.86. The van der Waals surface area contributed by atoms with Crippen LogP contribution in [0.1, 0.15) is 21.5 Å². The Hall–Kier alpha value is -0.430. The van der Waals surface area contributed by atoms with Crippen LogP contribution < -0.4 is 0 Å². The number of halogens is 4. The van der Waals surface area contributed by atoms with Gasteiger partial charge in [0.25, 0.3) is 0 Å². The second-order valence-electron chi connectivity index (χ2n) is 4.31. The molecule has 2 aromatic rings. The fourth-order valence-electron chi connectivity index (χ4n) is 2.06. The molecule has 2 nitrogen and oxygen atoms in total. The molecular formula is C15H6Br4O2. The van der Waals surface area contributed by atoms with E-state index in [0.717, 1.165) is 24.5 Å². The van der Waals surface area contributed by atoms with Crippen LogP contribution in [0.5, 0.6) is 0 Å². The fourth-order valence-corrected chi connectivity index (χ4v) is 4.53. The maximum atomic E-state index is 12.2. The Morgan fingerprint density at radius 3 is 2.00 bits per heavy atom. The monoisotopic (exact) mass is 534 g/mol. The highest BCUT2D eigenvalue weighted by Gasteiger charge is 2.34. The van der Waals surface area contributed by atoms with Crippen molar-refractivity contribution in [3.63, 3.8) is 0 Å². The molecule has 0 atom stereocenters. The third-order valence-electron chi connectivity index (χ3n) is 3.02. The Morgan fingerprint density at radius 1 is 0.810 bits per heavy atom. The van der Waals surface area contributed by atoms with Gasteiger partial charge in [0.2, 0.25) is 0 Å². The first-order valence-corrected chi connectivity index (χ1v) is 9.03. The maximum absolute atomic E-state index is 12.2. The summed E-state index contributed by atoms with van der Waals surface area (Å²) in [7, 11) is 0. The van der Waals surface area contributed by atoms with Gasteiger partial charge in [-0.3, -0.25) is 0 Å². The van der Waals surface area contributed by atoms with Crippen LogP contribution in [0.4, 0.5) is 0 Å². The quantitative estimate of drug-likeness (QED) is 0.239. The summed E-state index contributed by atoms with van der Waals surface area (Å²) in [4.78, 5) is 12.2. The predicted octanol–water partition coefficient (Wildman–Crippen LogP) is 6.41. The van der Waals surface area contributed by atoms with E-state index in [4.69, 9.17) is 4.74 Å². The molecule has 0 N–H and O–H groups in total. The zero-order valence-corrected chi connectivity index (χ0v) is 16.6. The van der Waals surface area contributed by atoms with Crippen LogP contribution in [0.2, 0.25) is 0 Å². The minimum atomic E-state index is -0.368. The van der Waals surface area contributed by atoms with E-state index in [9.17, 15) is 4.79 Å². The summed E-state index contributed by atoms with van der Waals surface area (Å²) in [6.45, 7) is 0. The van der Waals surface area contributed by atoms with Crippen LogP contribution in [0, 0.1) is 0 Å². The summed E-state index contributed by atoms with van der Waals surface area (Å²) in [6, 6.07) is 9.72. The largest absolute Gasteiger partial charge is 0.422 e. The van der Waals surface area contributed by atoms with Crippen molar-refractivity contribution in [2.45, 2.75) is 0 Å². The third-order valence-corrected chi connectivity index (χ3v) is 7.79. The highest BCUT2D eigenvalue weighted by molar-refractivity contribution is 9.15. The van der Waals surface area contributed by atoms with Gasteiger partial charge in [0.1, 0.15) is 5.76 Å². The van der Waals surface area contributed by atoms with Crippen molar-refractivity contribution in [3.8, 4) is 0 Å². The Kier molecular flexibility index (Phi) is 4.41. The van der Waals surface area contributed by atoms with Gasteiger partial charge in [-0.1, -0.05) is 30.3 Å². The first-order chi connectivity index (χ1) is 10.0. The van der Waals surface area contributed by atoms with Crippen molar-refractivity contribution in [2.75, 3.05) is 0 Å². The number of hydrogen-bond donors (Lipinski definition) is 0. The summed E-state index contributed by atoms with van der Waals surface area (Å²) >= 11 is 13.9. The molecule has 21 heavy (non-hydrogen) atoms. The number of hydrogen-bond acceptors (Lipinski definition) is 2.